The molecule has 1 unspecified atom stereocenters. The van der Waals surface area contributed by atoms with Crippen molar-refractivity contribution in [1.82, 2.24) is 15.2 Å². The van der Waals surface area contributed by atoms with E-state index in [0.29, 0.717) is 12.1 Å². The summed E-state index contributed by atoms with van der Waals surface area (Å²) in [5.74, 6) is 0.349. The Morgan fingerprint density at radius 3 is 2.76 bits per heavy atom. The minimum atomic E-state index is -0.296. The first-order valence-corrected chi connectivity index (χ1v) is 7.06. The van der Waals surface area contributed by atoms with E-state index in [-0.39, 0.29) is 30.9 Å². The van der Waals surface area contributed by atoms with Gasteiger partial charge in [-0.1, -0.05) is 6.92 Å². The predicted octanol–water partition coefficient (Wildman–Crippen LogP) is 0.944. The number of ether oxygens (including phenoxy) is 1. The van der Waals surface area contributed by atoms with Crippen LogP contribution in [-0.4, -0.2) is 41.4 Å². The van der Waals surface area contributed by atoms with Crippen molar-refractivity contribution >= 4 is 11.8 Å². The number of pyridine rings is 1. The van der Waals surface area contributed by atoms with E-state index in [1.807, 2.05) is 20.8 Å². The summed E-state index contributed by atoms with van der Waals surface area (Å²) in [6.07, 6.45) is 2.36. The van der Waals surface area contributed by atoms with Gasteiger partial charge in [-0.2, -0.15) is 0 Å². The Bertz CT molecular complexity index is 572. The van der Waals surface area contributed by atoms with Crippen LogP contribution in [0.5, 0.6) is 5.75 Å². The first-order chi connectivity index (χ1) is 9.99. The maximum Gasteiger partial charge on any atom is 0.246 e. The van der Waals surface area contributed by atoms with Crippen LogP contribution in [0.2, 0.25) is 0 Å². The van der Waals surface area contributed by atoms with Crippen LogP contribution in [0.25, 0.3) is 0 Å². The normalized spacial score (nSPS) is 19.0. The smallest absolute Gasteiger partial charge is 0.246 e. The van der Waals surface area contributed by atoms with Crippen LogP contribution in [0.3, 0.4) is 0 Å². The van der Waals surface area contributed by atoms with Gasteiger partial charge in [-0.05, 0) is 20.3 Å². The van der Waals surface area contributed by atoms with Crippen LogP contribution in [-0.2, 0) is 16.1 Å². The van der Waals surface area contributed by atoms with E-state index in [1.54, 1.807) is 13.3 Å². The standard InChI is InChI=1S/C15H21N3O3/c1-5-11-15(20)18(13(19)7-17-11)8-12-10(3)14(21-4)9(2)6-16-12/h6,11,17H,5,7-8H2,1-4H3. The first kappa shape index (κ1) is 15.4. The molecule has 21 heavy (non-hydrogen) atoms. The second kappa shape index (κ2) is 6.22. The Kier molecular flexibility index (Phi) is 4.57. The number of aromatic nitrogens is 1. The number of nitrogens with zero attached hydrogens (tertiary/aromatic N) is 2. The molecule has 6 nitrogen and oxygen atoms in total. The molecule has 1 aromatic heterocycles. The summed E-state index contributed by atoms with van der Waals surface area (Å²) in [6, 6.07) is -0.296. The van der Waals surface area contributed by atoms with E-state index in [2.05, 4.69) is 10.3 Å². The lowest BCUT2D eigenvalue weighted by Gasteiger charge is -2.31. The highest BCUT2D eigenvalue weighted by Crippen LogP contribution is 2.25. The second-order valence-electron chi connectivity index (χ2n) is 5.21. The molecule has 1 aliphatic rings. The zero-order valence-corrected chi connectivity index (χ0v) is 12.9. The van der Waals surface area contributed by atoms with Gasteiger partial charge in [0.2, 0.25) is 11.8 Å². The molecule has 1 aliphatic heterocycles. The van der Waals surface area contributed by atoms with E-state index in [0.717, 1.165) is 16.9 Å². The fraction of sp³-hybridized carbons (Fsp3) is 0.533. The zero-order valence-electron chi connectivity index (χ0n) is 12.9. The van der Waals surface area contributed by atoms with Crippen molar-refractivity contribution in [1.29, 1.82) is 0 Å². The topological polar surface area (TPSA) is 71.5 Å². The SMILES string of the molecule is CCC1NCC(=O)N(Cc2ncc(C)c(OC)c2C)C1=O. The molecule has 1 saturated heterocycles. The van der Waals surface area contributed by atoms with Crippen molar-refractivity contribution in [2.24, 2.45) is 0 Å². The van der Waals surface area contributed by atoms with Crippen molar-refractivity contribution in [3.8, 4) is 5.75 Å². The molecule has 1 fully saturated rings. The van der Waals surface area contributed by atoms with Crippen molar-refractivity contribution in [3.63, 3.8) is 0 Å². The third-order valence-electron chi connectivity index (χ3n) is 3.83. The average molecular weight is 291 g/mol. The van der Waals surface area contributed by atoms with Crippen molar-refractivity contribution in [3.05, 3.63) is 23.0 Å². The van der Waals surface area contributed by atoms with Gasteiger partial charge in [0.05, 0.1) is 31.9 Å². The van der Waals surface area contributed by atoms with E-state index in [4.69, 9.17) is 4.74 Å². The summed E-state index contributed by atoms with van der Waals surface area (Å²) in [6.45, 7) is 6.10. The molecule has 0 spiro atoms. The molecule has 1 aromatic rings. The van der Waals surface area contributed by atoms with Gasteiger partial charge >= 0.3 is 0 Å². The number of amides is 2. The lowest BCUT2D eigenvalue weighted by Crippen LogP contribution is -2.57. The van der Waals surface area contributed by atoms with Crippen LogP contribution < -0.4 is 10.1 Å². The first-order valence-electron chi connectivity index (χ1n) is 7.06. The quantitative estimate of drug-likeness (QED) is 0.836. The second-order valence-corrected chi connectivity index (χ2v) is 5.21. The molecule has 0 aromatic carbocycles. The molecule has 0 aliphatic carbocycles. The van der Waals surface area contributed by atoms with Crippen LogP contribution in [0.4, 0.5) is 0 Å². The molecular formula is C15H21N3O3. The molecular weight excluding hydrogens is 270 g/mol. The molecule has 114 valence electrons. The number of carbonyl (C=O) groups is 2. The summed E-state index contributed by atoms with van der Waals surface area (Å²) in [5.41, 5.74) is 2.49. The molecule has 2 amide bonds. The number of hydrogen-bond donors (Lipinski definition) is 1. The van der Waals surface area contributed by atoms with Gasteiger partial charge < -0.3 is 4.74 Å². The van der Waals surface area contributed by atoms with Crippen LogP contribution in [0.15, 0.2) is 6.20 Å². The summed E-state index contributed by atoms with van der Waals surface area (Å²) < 4.78 is 5.36. The van der Waals surface area contributed by atoms with Crippen molar-refractivity contribution in [2.75, 3.05) is 13.7 Å². The number of aryl methyl sites for hydroxylation is 1. The van der Waals surface area contributed by atoms with Crippen LogP contribution in [0, 0.1) is 13.8 Å². The third kappa shape index (κ3) is 2.90. The molecule has 6 heteroatoms. The number of nitrogens with one attached hydrogen (secondary N) is 1. The van der Waals surface area contributed by atoms with E-state index in [9.17, 15) is 9.59 Å². The highest BCUT2D eigenvalue weighted by molar-refractivity contribution is 6.01. The Hall–Kier alpha value is -1.95. The number of carbonyl (C=O) groups excluding carboxylic acids is 2. The lowest BCUT2D eigenvalue weighted by atomic mass is 10.1. The summed E-state index contributed by atoms with van der Waals surface area (Å²) in [5, 5.41) is 2.94. The number of methoxy groups -OCH3 is 1. The summed E-state index contributed by atoms with van der Waals surface area (Å²) in [4.78, 5) is 29.9. The molecule has 0 saturated carbocycles. The zero-order chi connectivity index (χ0) is 15.6. The molecule has 2 heterocycles. The fourth-order valence-corrected chi connectivity index (χ4v) is 2.57. The van der Waals surface area contributed by atoms with Gasteiger partial charge in [-0.3, -0.25) is 24.8 Å². The van der Waals surface area contributed by atoms with Gasteiger partial charge in [0.15, 0.2) is 0 Å². The summed E-state index contributed by atoms with van der Waals surface area (Å²) >= 11 is 0. The van der Waals surface area contributed by atoms with Gasteiger partial charge in [0, 0.05) is 17.3 Å². The number of rotatable bonds is 4. The Labute approximate surface area is 124 Å². The molecule has 2 rings (SSSR count). The van der Waals surface area contributed by atoms with Crippen molar-refractivity contribution in [2.45, 2.75) is 39.8 Å². The molecule has 1 N–H and O–H groups in total. The van der Waals surface area contributed by atoms with Gasteiger partial charge in [-0.15, -0.1) is 0 Å². The minimum absolute atomic E-state index is 0.186. The summed E-state index contributed by atoms with van der Waals surface area (Å²) in [7, 11) is 1.60. The van der Waals surface area contributed by atoms with Gasteiger partial charge in [0.1, 0.15) is 5.75 Å². The molecule has 0 bridgehead atoms. The Morgan fingerprint density at radius 1 is 1.43 bits per heavy atom. The van der Waals surface area contributed by atoms with E-state index < -0.39 is 0 Å². The monoisotopic (exact) mass is 291 g/mol. The van der Waals surface area contributed by atoms with E-state index >= 15 is 0 Å². The number of hydrogen-bond acceptors (Lipinski definition) is 5. The minimum Gasteiger partial charge on any atom is -0.496 e. The predicted molar refractivity (Wildman–Crippen MR) is 77.9 cm³/mol. The maximum absolute atomic E-state index is 12.3. The molecule has 1 atom stereocenters. The highest BCUT2D eigenvalue weighted by Gasteiger charge is 2.33. The van der Waals surface area contributed by atoms with Crippen molar-refractivity contribution < 1.29 is 14.3 Å². The third-order valence-corrected chi connectivity index (χ3v) is 3.83. The average Bonchev–Trinajstić information content (AvgIpc) is 2.46. The number of piperazine rings is 1. The highest BCUT2D eigenvalue weighted by atomic mass is 16.5. The van der Waals surface area contributed by atoms with Crippen LogP contribution >= 0.6 is 0 Å². The largest absolute Gasteiger partial charge is 0.496 e. The number of imide groups is 1. The maximum atomic E-state index is 12.3. The van der Waals surface area contributed by atoms with Crippen LogP contribution in [0.1, 0.15) is 30.2 Å². The Balaban J connectivity index is 2.28. The van der Waals surface area contributed by atoms with E-state index in [1.165, 1.54) is 4.90 Å². The molecule has 0 radical (unpaired) electrons. The fourth-order valence-electron chi connectivity index (χ4n) is 2.57. The van der Waals surface area contributed by atoms with Gasteiger partial charge in [-0.25, -0.2) is 0 Å². The Morgan fingerprint density at radius 2 is 2.14 bits per heavy atom. The van der Waals surface area contributed by atoms with Gasteiger partial charge in [0.25, 0.3) is 0 Å². The lowest BCUT2D eigenvalue weighted by molar-refractivity contribution is -0.150.